The van der Waals surface area contributed by atoms with Gasteiger partial charge in [-0.05, 0) is 23.8 Å². The lowest BCUT2D eigenvalue weighted by Crippen LogP contribution is -2.49. The molecule has 0 bridgehead atoms. The number of amides is 1. The maximum Gasteiger partial charge on any atom is 0.490 e. The van der Waals surface area contributed by atoms with Crippen LogP contribution in [0.3, 0.4) is 0 Å². The predicted octanol–water partition coefficient (Wildman–Crippen LogP) is 1.66. The molecular formula is C21H23F3N4O6. The van der Waals surface area contributed by atoms with E-state index in [2.05, 4.69) is 16.1 Å². The van der Waals surface area contributed by atoms with Gasteiger partial charge in [-0.1, -0.05) is 6.07 Å². The van der Waals surface area contributed by atoms with E-state index in [4.69, 9.17) is 24.1 Å². The third kappa shape index (κ3) is 5.42. The van der Waals surface area contributed by atoms with Gasteiger partial charge in [-0.15, -0.1) is 0 Å². The summed E-state index contributed by atoms with van der Waals surface area (Å²) in [4.78, 5) is 26.2. The summed E-state index contributed by atoms with van der Waals surface area (Å²) < 4.78 is 49.9. The molecule has 2 aromatic rings. The fraction of sp³-hybridized carbons (Fsp3) is 0.476. The van der Waals surface area contributed by atoms with Gasteiger partial charge in [-0.2, -0.15) is 18.3 Å². The smallest absolute Gasteiger partial charge is 0.475 e. The van der Waals surface area contributed by atoms with Crippen molar-refractivity contribution in [2.75, 3.05) is 39.6 Å². The van der Waals surface area contributed by atoms with Crippen LogP contribution in [0.25, 0.3) is 0 Å². The predicted molar refractivity (Wildman–Crippen MR) is 109 cm³/mol. The molecule has 10 nitrogen and oxygen atoms in total. The lowest BCUT2D eigenvalue weighted by atomic mass is 10.1. The van der Waals surface area contributed by atoms with Crippen molar-refractivity contribution in [3.63, 3.8) is 0 Å². The topological polar surface area (TPSA) is 106 Å². The molecule has 1 atom stereocenters. The van der Waals surface area contributed by atoms with E-state index < -0.39 is 12.1 Å². The van der Waals surface area contributed by atoms with Crippen molar-refractivity contribution >= 4 is 11.9 Å². The highest BCUT2D eigenvalue weighted by molar-refractivity contribution is 5.81. The zero-order valence-corrected chi connectivity index (χ0v) is 18.0. The number of carboxylic acid groups (broad SMARTS) is 1. The lowest BCUT2D eigenvalue weighted by Gasteiger charge is -2.36. The van der Waals surface area contributed by atoms with Crippen molar-refractivity contribution in [2.24, 2.45) is 0 Å². The fourth-order valence-electron chi connectivity index (χ4n) is 3.96. The molecule has 4 heterocycles. The monoisotopic (exact) mass is 484 g/mol. The van der Waals surface area contributed by atoms with Gasteiger partial charge < -0.3 is 24.2 Å². The van der Waals surface area contributed by atoms with Crippen molar-refractivity contribution in [1.29, 1.82) is 0 Å². The van der Waals surface area contributed by atoms with E-state index in [-0.39, 0.29) is 18.7 Å². The van der Waals surface area contributed by atoms with E-state index in [1.807, 2.05) is 27.8 Å². The van der Waals surface area contributed by atoms with Crippen LogP contribution in [0.5, 0.6) is 11.5 Å². The molecule has 34 heavy (non-hydrogen) atoms. The maximum absolute atomic E-state index is 13.1. The first-order valence-corrected chi connectivity index (χ1v) is 10.5. The van der Waals surface area contributed by atoms with Crippen LogP contribution in [0.4, 0.5) is 13.2 Å². The van der Waals surface area contributed by atoms with Gasteiger partial charge in [-0.25, -0.2) is 4.79 Å². The van der Waals surface area contributed by atoms with E-state index >= 15 is 0 Å². The molecule has 1 saturated heterocycles. The number of halogens is 3. The molecular weight excluding hydrogens is 461 g/mol. The molecule has 184 valence electrons. The number of carbonyl (C=O) groups is 2. The number of hydrogen-bond acceptors (Lipinski definition) is 7. The number of morpholine rings is 1. The Morgan fingerprint density at radius 1 is 1.12 bits per heavy atom. The minimum absolute atomic E-state index is 0.124. The minimum Gasteiger partial charge on any atom is -0.475 e. The number of nitrogens with zero attached hydrogens (tertiary/aromatic N) is 4. The highest BCUT2D eigenvalue weighted by Crippen LogP contribution is 2.33. The summed E-state index contributed by atoms with van der Waals surface area (Å²) in [5.74, 6) is -1.06. The van der Waals surface area contributed by atoms with Crippen molar-refractivity contribution in [2.45, 2.75) is 25.3 Å². The van der Waals surface area contributed by atoms with E-state index in [0.29, 0.717) is 32.8 Å². The van der Waals surface area contributed by atoms with Crippen LogP contribution in [0.15, 0.2) is 30.5 Å². The van der Waals surface area contributed by atoms with E-state index in [1.165, 1.54) is 0 Å². The van der Waals surface area contributed by atoms with Crippen LogP contribution in [0.2, 0.25) is 0 Å². The third-order valence-electron chi connectivity index (χ3n) is 5.56. The second-order valence-corrected chi connectivity index (χ2v) is 7.88. The first kappa shape index (κ1) is 23.8. The van der Waals surface area contributed by atoms with Crippen molar-refractivity contribution in [3.8, 4) is 11.5 Å². The number of fused-ring (bicyclic) bond motifs is 2. The Bertz CT molecular complexity index is 1040. The molecule has 3 aliphatic rings. The van der Waals surface area contributed by atoms with Crippen molar-refractivity contribution in [3.05, 3.63) is 41.7 Å². The summed E-state index contributed by atoms with van der Waals surface area (Å²) in [7, 11) is 0. The second kappa shape index (κ2) is 9.89. The zero-order chi connectivity index (χ0) is 24.3. The van der Waals surface area contributed by atoms with Gasteiger partial charge in [0.25, 0.3) is 0 Å². The van der Waals surface area contributed by atoms with Crippen LogP contribution in [0.1, 0.15) is 17.3 Å². The third-order valence-corrected chi connectivity index (χ3v) is 5.56. The lowest BCUT2D eigenvalue weighted by molar-refractivity contribution is -0.192. The summed E-state index contributed by atoms with van der Waals surface area (Å²) in [6.07, 6.45) is -3.31. The Morgan fingerprint density at radius 3 is 2.53 bits per heavy atom. The van der Waals surface area contributed by atoms with Gasteiger partial charge in [-0.3, -0.25) is 14.4 Å². The number of alkyl halides is 3. The molecule has 0 aliphatic carbocycles. The molecule has 13 heteroatoms. The van der Waals surface area contributed by atoms with Gasteiger partial charge in [0.15, 0.2) is 11.5 Å². The summed E-state index contributed by atoms with van der Waals surface area (Å²) in [5, 5.41) is 11.5. The van der Waals surface area contributed by atoms with E-state index in [9.17, 15) is 18.0 Å². The molecule has 1 fully saturated rings. The summed E-state index contributed by atoms with van der Waals surface area (Å²) in [5.41, 5.74) is 2.21. The molecule has 3 aliphatic heterocycles. The average molecular weight is 484 g/mol. The summed E-state index contributed by atoms with van der Waals surface area (Å²) >= 11 is 0. The summed E-state index contributed by atoms with van der Waals surface area (Å²) in [6.45, 7) is 4.92. The molecule has 1 aromatic heterocycles. The Morgan fingerprint density at radius 2 is 1.82 bits per heavy atom. The number of benzene rings is 1. The molecule has 1 aromatic carbocycles. The Balaban J connectivity index is 0.000000344. The van der Waals surface area contributed by atoms with Crippen molar-refractivity contribution in [1.82, 2.24) is 19.6 Å². The van der Waals surface area contributed by atoms with Crippen LogP contribution in [-0.4, -0.2) is 82.4 Å². The zero-order valence-electron chi connectivity index (χ0n) is 18.0. The van der Waals surface area contributed by atoms with Crippen LogP contribution >= 0.6 is 0 Å². The first-order valence-electron chi connectivity index (χ1n) is 10.5. The normalized spacial score (nSPS) is 19.7. The van der Waals surface area contributed by atoms with Gasteiger partial charge >= 0.3 is 12.1 Å². The largest absolute Gasteiger partial charge is 0.490 e. The Labute approximate surface area is 192 Å². The van der Waals surface area contributed by atoms with Crippen LogP contribution in [-0.2, 0) is 27.4 Å². The number of carboxylic acids is 1. The Kier molecular flexibility index (Phi) is 6.93. The minimum atomic E-state index is -5.08. The standard InChI is InChI=1S/C19H22N4O4.C2HF3O2/c24-19(22-5-7-25-8-6-22)16-12-21(11-15-3-4-20-23(15)16)10-14-1-2-17-18(9-14)27-13-26-17;3-2(4,5)1(6)7/h1-4,9,16H,5-8,10-13H2;(H,6,7). The summed E-state index contributed by atoms with van der Waals surface area (Å²) in [6, 6.07) is 7.72. The highest BCUT2D eigenvalue weighted by atomic mass is 19.4. The van der Waals surface area contributed by atoms with E-state index in [0.717, 1.165) is 35.8 Å². The second-order valence-electron chi connectivity index (χ2n) is 7.88. The fourth-order valence-corrected chi connectivity index (χ4v) is 3.96. The number of ether oxygens (including phenoxy) is 3. The molecule has 5 rings (SSSR count). The van der Waals surface area contributed by atoms with Crippen LogP contribution in [0, 0.1) is 0 Å². The van der Waals surface area contributed by atoms with Gasteiger partial charge in [0, 0.05) is 38.9 Å². The van der Waals surface area contributed by atoms with Crippen molar-refractivity contribution < 1.29 is 42.1 Å². The van der Waals surface area contributed by atoms with Gasteiger partial charge in [0.05, 0.1) is 18.9 Å². The number of aromatic nitrogens is 2. The maximum atomic E-state index is 13.1. The number of carbonyl (C=O) groups excluding carboxylic acids is 1. The molecule has 1 unspecified atom stereocenters. The number of rotatable bonds is 3. The van der Waals surface area contributed by atoms with Crippen LogP contribution < -0.4 is 9.47 Å². The number of hydrogen-bond donors (Lipinski definition) is 1. The molecule has 0 radical (unpaired) electrons. The van der Waals surface area contributed by atoms with Gasteiger partial charge in [0.1, 0.15) is 6.04 Å². The molecule has 0 saturated carbocycles. The quantitative estimate of drug-likeness (QED) is 0.701. The highest BCUT2D eigenvalue weighted by Gasteiger charge is 2.38. The van der Waals surface area contributed by atoms with Gasteiger partial charge in [0.2, 0.25) is 12.7 Å². The molecule has 1 N–H and O–H groups in total. The van der Waals surface area contributed by atoms with E-state index in [1.54, 1.807) is 6.20 Å². The molecule has 0 spiro atoms. The first-order chi connectivity index (χ1) is 16.2. The SMILES string of the molecule is O=C(C1CN(Cc2ccc3c(c2)OCO3)Cc2ccnn21)N1CCOCC1.O=C(O)C(F)(F)F. The Hall–Kier alpha value is -3.32. The molecule has 1 amide bonds. The number of aliphatic carboxylic acids is 1. The average Bonchev–Trinajstić information content (AvgIpc) is 3.47.